The van der Waals surface area contributed by atoms with Crippen molar-refractivity contribution in [2.75, 3.05) is 0 Å². The fourth-order valence-corrected chi connectivity index (χ4v) is 1.34. The minimum absolute atomic E-state index is 0.428. The van der Waals surface area contributed by atoms with E-state index in [2.05, 4.69) is 0 Å². The first-order valence-corrected chi connectivity index (χ1v) is 3.93. The molecule has 2 unspecified atom stereocenters. The molecule has 1 aliphatic rings. The molecule has 0 saturated carbocycles. The van der Waals surface area contributed by atoms with Crippen molar-refractivity contribution >= 4 is 0 Å². The molecule has 0 amide bonds. The summed E-state index contributed by atoms with van der Waals surface area (Å²) < 4.78 is 35.8. The maximum atomic E-state index is 11.9. The van der Waals surface area contributed by atoms with Gasteiger partial charge in [-0.25, -0.2) is 0 Å². The molecule has 0 fully saturated rings. The molecule has 0 radical (unpaired) electrons. The van der Waals surface area contributed by atoms with Crippen LogP contribution in [0.4, 0.5) is 13.2 Å². The molecular formula is C8H11F3O. The summed E-state index contributed by atoms with van der Waals surface area (Å²) in [6, 6.07) is 0. The minimum atomic E-state index is -4.48. The average Bonchev–Trinajstić information content (AvgIpc) is 2.03. The second kappa shape index (κ2) is 3.47. The predicted octanol–water partition coefficient (Wildman–Crippen LogP) is 2.27. The van der Waals surface area contributed by atoms with E-state index in [4.69, 9.17) is 5.11 Å². The molecular weight excluding hydrogens is 169 g/mol. The minimum Gasteiger partial charge on any atom is -0.383 e. The lowest BCUT2D eigenvalue weighted by molar-refractivity contribution is -0.215. The van der Waals surface area contributed by atoms with Crippen LogP contribution >= 0.6 is 0 Å². The molecule has 0 bridgehead atoms. The van der Waals surface area contributed by atoms with Gasteiger partial charge in [-0.05, 0) is 19.3 Å². The molecule has 12 heavy (non-hydrogen) atoms. The van der Waals surface area contributed by atoms with Crippen LogP contribution in [0.2, 0.25) is 0 Å². The highest BCUT2D eigenvalue weighted by Gasteiger charge is 2.42. The van der Waals surface area contributed by atoms with Gasteiger partial charge in [0.2, 0.25) is 0 Å². The molecule has 2 atom stereocenters. The summed E-state index contributed by atoms with van der Waals surface area (Å²) in [7, 11) is 0. The maximum absolute atomic E-state index is 11.9. The summed E-state index contributed by atoms with van der Waals surface area (Å²) in [5, 5.41) is 8.83. The molecule has 1 rings (SSSR count). The third-order valence-corrected chi connectivity index (χ3v) is 2.03. The molecule has 0 aromatic rings. The fourth-order valence-electron chi connectivity index (χ4n) is 1.34. The number of rotatable bonds is 1. The summed E-state index contributed by atoms with van der Waals surface area (Å²) in [5.41, 5.74) is 0. The van der Waals surface area contributed by atoms with Crippen LogP contribution in [0.5, 0.6) is 0 Å². The van der Waals surface area contributed by atoms with Crippen molar-refractivity contribution in [3.05, 3.63) is 12.2 Å². The molecule has 4 heteroatoms. The first-order valence-electron chi connectivity index (χ1n) is 3.93. The van der Waals surface area contributed by atoms with Gasteiger partial charge in [0.25, 0.3) is 0 Å². The topological polar surface area (TPSA) is 20.2 Å². The van der Waals surface area contributed by atoms with Crippen molar-refractivity contribution in [3.8, 4) is 0 Å². The van der Waals surface area contributed by atoms with Gasteiger partial charge in [-0.1, -0.05) is 12.2 Å². The Morgan fingerprint density at radius 3 is 2.50 bits per heavy atom. The number of aliphatic hydroxyl groups excluding tert-OH is 1. The molecule has 1 aliphatic carbocycles. The normalized spacial score (nSPS) is 27.2. The first kappa shape index (κ1) is 9.58. The Hall–Kier alpha value is -0.510. The van der Waals surface area contributed by atoms with Gasteiger partial charge in [-0.2, -0.15) is 13.2 Å². The van der Waals surface area contributed by atoms with Gasteiger partial charge in [0.05, 0.1) is 0 Å². The Bertz CT molecular complexity index is 174. The third-order valence-electron chi connectivity index (χ3n) is 2.03. The Balaban J connectivity index is 2.57. The van der Waals surface area contributed by atoms with E-state index in [0.29, 0.717) is 6.42 Å². The van der Waals surface area contributed by atoms with E-state index >= 15 is 0 Å². The van der Waals surface area contributed by atoms with Crippen LogP contribution in [0.15, 0.2) is 12.2 Å². The molecule has 0 aromatic carbocycles. The summed E-state index contributed by atoms with van der Waals surface area (Å²) >= 11 is 0. The number of halogens is 3. The number of hydrogen-bond donors (Lipinski definition) is 1. The smallest absolute Gasteiger partial charge is 0.383 e. The van der Waals surface area contributed by atoms with Crippen LogP contribution in [0.25, 0.3) is 0 Å². The van der Waals surface area contributed by atoms with Crippen molar-refractivity contribution in [2.45, 2.75) is 31.5 Å². The van der Waals surface area contributed by atoms with E-state index in [1.54, 1.807) is 6.08 Å². The number of aliphatic hydroxyl groups is 1. The van der Waals surface area contributed by atoms with Gasteiger partial charge in [0.1, 0.15) is 0 Å². The summed E-state index contributed by atoms with van der Waals surface area (Å²) in [4.78, 5) is 0. The standard InChI is InChI=1S/C8H11F3O/c9-8(10,11)7(12)6-4-2-1-3-5-6/h2,4,6-7,12H,1,3,5H2. The number of alkyl halides is 3. The van der Waals surface area contributed by atoms with Crippen LogP contribution < -0.4 is 0 Å². The highest BCUT2D eigenvalue weighted by molar-refractivity contribution is 4.97. The quantitative estimate of drug-likeness (QED) is 0.613. The first-order chi connectivity index (χ1) is 5.52. The van der Waals surface area contributed by atoms with Gasteiger partial charge in [0.15, 0.2) is 6.10 Å². The van der Waals surface area contributed by atoms with Crippen molar-refractivity contribution in [2.24, 2.45) is 5.92 Å². The zero-order valence-corrected chi connectivity index (χ0v) is 6.51. The lowest BCUT2D eigenvalue weighted by atomic mass is 9.91. The Labute approximate surface area is 68.9 Å². The number of allylic oxidation sites excluding steroid dienone is 1. The van der Waals surface area contributed by atoms with Gasteiger partial charge >= 0.3 is 6.18 Å². The molecule has 0 heterocycles. The van der Waals surface area contributed by atoms with Crippen molar-refractivity contribution < 1.29 is 18.3 Å². The maximum Gasteiger partial charge on any atom is 0.414 e. The van der Waals surface area contributed by atoms with Crippen LogP contribution in [0.3, 0.4) is 0 Å². The van der Waals surface area contributed by atoms with Gasteiger partial charge in [-0.15, -0.1) is 0 Å². The lowest BCUT2D eigenvalue weighted by Crippen LogP contribution is -2.35. The van der Waals surface area contributed by atoms with Crippen molar-refractivity contribution in [3.63, 3.8) is 0 Å². The van der Waals surface area contributed by atoms with Crippen LogP contribution in [0, 0.1) is 5.92 Å². The third kappa shape index (κ3) is 2.24. The zero-order valence-electron chi connectivity index (χ0n) is 6.51. The average molecular weight is 180 g/mol. The van der Waals surface area contributed by atoms with Gasteiger partial charge < -0.3 is 5.11 Å². The van der Waals surface area contributed by atoms with E-state index in [-0.39, 0.29) is 0 Å². The van der Waals surface area contributed by atoms with E-state index in [1.165, 1.54) is 6.08 Å². The Kier molecular flexibility index (Phi) is 2.77. The second-order valence-electron chi connectivity index (χ2n) is 3.01. The molecule has 0 saturated heterocycles. The van der Waals surface area contributed by atoms with Crippen LogP contribution in [0.1, 0.15) is 19.3 Å². The summed E-state index contributed by atoms with van der Waals surface area (Å²) in [6.07, 6.45) is -1.53. The molecule has 1 nitrogen and oxygen atoms in total. The van der Waals surface area contributed by atoms with E-state index in [0.717, 1.165) is 12.8 Å². The molecule has 0 aromatic heterocycles. The Morgan fingerprint density at radius 2 is 2.08 bits per heavy atom. The van der Waals surface area contributed by atoms with Gasteiger partial charge in [-0.3, -0.25) is 0 Å². The summed E-state index contributed by atoms with van der Waals surface area (Å²) in [6.45, 7) is 0. The molecule has 0 spiro atoms. The van der Waals surface area contributed by atoms with E-state index < -0.39 is 18.2 Å². The largest absolute Gasteiger partial charge is 0.414 e. The van der Waals surface area contributed by atoms with Crippen molar-refractivity contribution in [1.29, 1.82) is 0 Å². The SMILES string of the molecule is OC(C1C=CCCC1)C(F)(F)F. The fraction of sp³-hybridized carbons (Fsp3) is 0.750. The second-order valence-corrected chi connectivity index (χ2v) is 3.01. The van der Waals surface area contributed by atoms with Crippen LogP contribution in [-0.2, 0) is 0 Å². The Morgan fingerprint density at radius 1 is 1.42 bits per heavy atom. The zero-order chi connectivity index (χ0) is 9.19. The highest BCUT2D eigenvalue weighted by atomic mass is 19.4. The van der Waals surface area contributed by atoms with Crippen molar-refractivity contribution in [1.82, 2.24) is 0 Å². The lowest BCUT2D eigenvalue weighted by Gasteiger charge is -2.24. The van der Waals surface area contributed by atoms with Crippen LogP contribution in [-0.4, -0.2) is 17.4 Å². The summed E-state index contributed by atoms with van der Waals surface area (Å²) in [5.74, 6) is -0.737. The van der Waals surface area contributed by atoms with Gasteiger partial charge in [0, 0.05) is 5.92 Å². The predicted molar refractivity (Wildman–Crippen MR) is 38.5 cm³/mol. The molecule has 1 N–H and O–H groups in total. The highest BCUT2D eigenvalue weighted by Crippen LogP contribution is 2.31. The van der Waals surface area contributed by atoms with E-state index in [1.807, 2.05) is 0 Å². The van der Waals surface area contributed by atoms with E-state index in [9.17, 15) is 13.2 Å². The monoisotopic (exact) mass is 180 g/mol. The molecule has 0 aliphatic heterocycles. The number of hydrogen-bond acceptors (Lipinski definition) is 1. The molecule has 70 valence electrons.